The highest BCUT2D eigenvalue weighted by atomic mass is 79.9. The Morgan fingerprint density at radius 1 is 1.33 bits per heavy atom. The lowest BCUT2D eigenvalue weighted by atomic mass is 10.0. The third-order valence-electron chi connectivity index (χ3n) is 4.28. The molecule has 0 amide bonds. The van der Waals surface area contributed by atoms with Gasteiger partial charge in [0.2, 0.25) is 5.95 Å². The van der Waals surface area contributed by atoms with Gasteiger partial charge in [0.1, 0.15) is 0 Å². The fraction of sp³-hybridized carbons (Fsp3) is 0.235. The van der Waals surface area contributed by atoms with Crippen molar-refractivity contribution in [3.63, 3.8) is 0 Å². The number of fused-ring (bicyclic) bond motifs is 3. The minimum Gasteiger partial charge on any atom is -0.465 e. The number of hydrogen-bond acceptors (Lipinski definition) is 5. The predicted octanol–water partition coefficient (Wildman–Crippen LogP) is 3.07. The quantitative estimate of drug-likeness (QED) is 0.685. The van der Waals surface area contributed by atoms with Crippen LogP contribution >= 0.6 is 15.9 Å². The van der Waals surface area contributed by atoms with Crippen LogP contribution in [0, 0.1) is 0 Å². The zero-order valence-corrected chi connectivity index (χ0v) is 14.6. The van der Waals surface area contributed by atoms with Gasteiger partial charge in [0.15, 0.2) is 0 Å². The second-order valence-electron chi connectivity index (χ2n) is 5.71. The van der Waals surface area contributed by atoms with Crippen LogP contribution in [0.25, 0.3) is 10.9 Å². The number of ether oxygens (including phenoxy) is 1. The minimum absolute atomic E-state index is 0.356. The van der Waals surface area contributed by atoms with Crippen molar-refractivity contribution in [2.24, 2.45) is 0 Å². The molecule has 24 heavy (non-hydrogen) atoms. The van der Waals surface area contributed by atoms with Crippen molar-refractivity contribution in [3.05, 3.63) is 51.9 Å². The highest BCUT2D eigenvalue weighted by Gasteiger charge is 2.22. The van der Waals surface area contributed by atoms with Gasteiger partial charge in [0.05, 0.1) is 12.7 Å². The number of halogens is 1. The summed E-state index contributed by atoms with van der Waals surface area (Å²) in [6.45, 7) is 1.57. The van der Waals surface area contributed by atoms with E-state index in [0.717, 1.165) is 29.5 Å². The van der Waals surface area contributed by atoms with Crippen LogP contribution in [0.1, 0.15) is 21.6 Å². The van der Waals surface area contributed by atoms with Crippen LogP contribution in [0.3, 0.4) is 0 Å². The molecule has 0 spiro atoms. The first-order chi connectivity index (χ1) is 11.7. The molecule has 122 valence electrons. The maximum atomic E-state index is 11.5. The van der Waals surface area contributed by atoms with Crippen molar-refractivity contribution < 1.29 is 9.53 Å². The average molecular weight is 387 g/mol. The summed E-state index contributed by atoms with van der Waals surface area (Å²) in [5.74, 6) is 0.196. The van der Waals surface area contributed by atoms with E-state index >= 15 is 0 Å². The fourth-order valence-electron chi connectivity index (χ4n) is 3.06. The molecular formula is C17H15BrN4O2. The number of nitrogens with zero attached hydrogens (tertiary/aromatic N) is 3. The Morgan fingerprint density at radius 3 is 2.88 bits per heavy atom. The standard InChI is InChI=1S/C17H15BrN4O2/c1-24-16(23)10-7-19-17(20-8-10)22-5-4-15-13(9-22)12-6-11(18)2-3-14(12)21-15/h2-3,6-8,21H,4-5,9H2,1H3. The molecule has 1 N–H and O–H groups in total. The number of carbonyl (C=O) groups is 1. The Labute approximate surface area is 147 Å². The SMILES string of the molecule is COC(=O)c1cnc(N2CCc3[nH]c4ccc(Br)cc4c3C2)nc1. The molecule has 0 radical (unpaired) electrons. The van der Waals surface area contributed by atoms with Crippen LogP contribution in [-0.2, 0) is 17.7 Å². The molecule has 0 atom stereocenters. The van der Waals surface area contributed by atoms with Crippen molar-refractivity contribution in [1.29, 1.82) is 0 Å². The molecule has 4 rings (SSSR count). The molecule has 0 unspecified atom stereocenters. The molecule has 6 nitrogen and oxygen atoms in total. The lowest BCUT2D eigenvalue weighted by Gasteiger charge is -2.27. The second-order valence-corrected chi connectivity index (χ2v) is 6.62. The van der Waals surface area contributed by atoms with Gasteiger partial charge in [-0.05, 0) is 18.2 Å². The molecule has 0 saturated carbocycles. The van der Waals surface area contributed by atoms with Crippen LogP contribution in [0.2, 0.25) is 0 Å². The zero-order chi connectivity index (χ0) is 16.7. The number of methoxy groups -OCH3 is 1. The highest BCUT2D eigenvalue weighted by Crippen LogP contribution is 2.30. The third-order valence-corrected chi connectivity index (χ3v) is 4.77. The largest absolute Gasteiger partial charge is 0.465 e. The number of H-pyrrole nitrogens is 1. The Bertz CT molecular complexity index is 920. The molecule has 2 aromatic heterocycles. The van der Waals surface area contributed by atoms with Crippen molar-refractivity contribution in [3.8, 4) is 0 Å². The number of esters is 1. The van der Waals surface area contributed by atoms with E-state index in [1.807, 2.05) is 6.07 Å². The number of benzene rings is 1. The number of aromatic amines is 1. The molecular weight excluding hydrogens is 372 g/mol. The summed E-state index contributed by atoms with van der Waals surface area (Å²) < 4.78 is 5.74. The van der Waals surface area contributed by atoms with Gasteiger partial charge in [-0.3, -0.25) is 0 Å². The van der Waals surface area contributed by atoms with Crippen molar-refractivity contribution in [1.82, 2.24) is 15.0 Å². The van der Waals surface area contributed by atoms with Gasteiger partial charge in [-0.1, -0.05) is 15.9 Å². The lowest BCUT2D eigenvalue weighted by Crippen LogP contribution is -2.31. The van der Waals surface area contributed by atoms with E-state index in [2.05, 4.69) is 52.7 Å². The Hall–Kier alpha value is -2.41. The van der Waals surface area contributed by atoms with Crippen LogP contribution in [-0.4, -0.2) is 34.6 Å². The van der Waals surface area contributed by atoms with Crippen LogP contribution < -0.4 is 4.90 Å². The summed E-state index contributed by atoms with van der Waals surface area (Å²) in [5.41, 5.74) is 4.05. The molecule has 0 fully saturated rings. The van der Waals surface area contributed by atoms with Crippen LogP contribution in [0.4, 0.5) is 5.95 Å². The van der Waals surface area contributed by atoms with Gasteiger partial charge in [0.25, 0.3) is 0 Å². The number of nitrogens with one attached hydrogen (secondary N) is 1. The Balaban J connectivity index is 1.65. The van der Waals surface area contributed by atoms with E-state index in [0.29, 0.717) is 11.5 Å². The molecule has 3 heterocycles. The van der Waals surface area contributed by atoms with Gasteiger partial charge in [-0.15, -0.1) is 0 Å². The maximum absolute atomic E-state index is 11.5. The van der Waals surface area contributed by atoms with Gasteiger partial charge in [-0.25, -0.2) is 14.8 Å². The Morgan fingerprint density at radius 2 is 2.12 bits per heavy atom. The summed E-state index contributed by atoms with van der Waals surface area (Å²) in [5, 5.41) is 1.22. The molecule has 3 aromatic rings. The van der Waals surface area contributed by atoms with E-state index in [-0.39, 0.29) is 0 Å². The fourth-order valence-corrected chi connectivity index (χ4v) is 3.43. The smallest absolute Gasteiger partial charge is 0.341 e. The van der Waals surface area contributed by atoms with E-state index in [4.69, 9.17) is 0 Å². The molecule has 7 heteroatoms. The van der Waals surface area contributed by atoms with Gasteiger partial charge >= 0.3 is 5.97 Å². The number of hydrogen-bond donors (Lipinski definition) is 1. The molecule has 1 aliphatic heterocycles. The van der Waals surface area contributed by atoms with Crippen LogP contribution in [0.5, 0.6) is 0 Å². The normalized spacial score (nSPS) is 13.8. The number of aromatic nitrogens is 3. The molecule has 1 aliphatic rings. The van der Waals surface area contributed by atoms with Crippen molar-refractivity contribution in [2.45, 2.75) is 13.0 Å². The monoisotopic (exact) mass is 386 g/mol. The van der Waals surface area contributed by atoms with Crippen molar-refractivity contribution >= 4 is 38.8 Å². The predicted molar refractivity (Wildman–Crippen MR) is 94.1 cm³/mol. The zero-order valence-electron chi connectivity index (χ0n) is 13.0. The second kappa shape index (κ2) is 5.90. The molecule has 0 saturated heterocycles. The van der Waals surface area contributed by atoms with Crippen LogP contribution in [0.15, 0.2) is 35.1 Å². The van der Waals surface area contributed by atoms with Gasteiger partial charge < -0.3 is 14.6 Å². The summed E-state index contributed by atoms with van der Waals surface area (Å²) in [4.78, 5) is 25.7. The Kier molecular flexibility index (Phi) is 3.72. The number of anilines is 1. The number of carbonyl (C=O) groups excluding carboxylic acids is 1. The molecule has 0 bridgehead atoms. The first-order valence-electron chi connectivity index (χ1n) is 7.60. The first-order valence-corrected chi connectivity index (χ1v) is 8.39. The minimum atomic E-state index is -0.427. The summed E-state index contributed by atoms with van der Waals surface area (Å²) in [7, 11) is 1.34. The summed E-state index contributed by atoms with van der Waals surface area (Å²) in [6.07, 6.45) is 3.93. The van der Waals surface area contributed by atoms with E-state index in [1.165, 1.54) is 36.1 Å². The number of rotatable bonds is 2. The lowest BCUT2D eigenvalue weighted by molar-refractivity contribution is 0.0600. The summed E-state index contributed by atoms with van der Waals surface area (Å²) >= 11 is 3.54. The average Bonchev–Trinajstić information content (AvgIpc) is 2.98. The van der Waals surface area contributed by atoms with E-state index < -0.39 is 5.97 Å². The summed E-state index contributed by atoms with van der Waals surface area (Å²) in [6, 6.07) is 6.26. The first kappa shape index (κ1) is 15.1. The molecule has 1 aromatic carbocycles. The van der Waals surface area contributed by atoms with Crippen molar-refractivity contribution in [2.75, 3.05) is 18.6 Å². The van der Waals surface area contributed by atoms with Gasteiger partial charge in [0, 0.05) is 58.5 Å². The van der Waals surface area contributed by atoms with E-state index in [9.17, 15) is 4.79 Å². The molecule has 0 aliphatic carbocycles. The third kappa shape index (κ3) is 2.54. The highest BCUT2D eigenvalue weighted by molar-refractivity contribution is 9.10. The van der Waals surface area contributed by atoms with E-state index in [1.54, 1.807) is 0 Å². The maximum Gasteiger partial charge on any atom is 0.341 e. The van der Waals surface area contributed by atoms with Gasteiger partial charge in [-0.2, -0.15) is 0 Å². The topological polar surface area (TPSA) is 71.1 Å².